The molecule has 0 aromatic heterocycles. The first kappa shape index (κ1) is 8.58. The van der Waals surface area contributed by atoms with Crippen molar-refractivity contribution in [3.8, 4) is 0 Å². The normalized spacial score (nSPS) is 21.1. The summed E-state index contributed by atoms with van der Waals surface area (Å²) >= 11 is 0. The van der Waals surface area contributed by atoms with Crippen LogP contribution in [0.25, 0.3) is 0 Å². The van der Waals surface area contributed by atoms with Gasteiger partial charge in [-0.05, 0) is 44.9 Å². The van der Waals surface area contributed by atoms with Gasteiger partial charge < -0.3 is 0 Å². The van der Waals surface area contributed by atoms with E-state index in [9.17, 15) is 0 Å². The molecule has 0 atom stereocenters. The zero-order valence-corrected chi connectivity index (χ0v) is 7.13. The van der Waals surface area contributed by atoms with Crippen LogP contribution < -0.4 is 0 Å². The molecule has 11 heavy (non-hydrogen) atoms. The molecule has 0 aliphatic heterocycles. The minimum Gasteiger partial charge on any atom is -0.0885 e. The highest BCUT2D eigenvalue weighted by Crippen LogP contribution is 2.06. The smallest absolute Gasteiger partial charge is 0.0319 e. The molecule has 0 fully saturated rings. The lowest BCUT2D eigenvalue weighted by Gasteiger charge is -1.90. The summed E-state index contributed by atoms with van der Waals surface area (Å²) < 4.78 is 0. The highest BCUT2D eigenvalue weighted by Gasteiger charge is 1.87. The molecule has 1 rings (SSSR count). The van der Waals surface area contributed by atoms with Gasteiger partial charge in [0, 0.05) is 0 Å². The Morgan fingerprint density at radius 1 is 0.636 bits per heavy atom. The van der Waals surface area contributed by atoms with Crippen molar-refractivity contribution in [3.63, 3.8) is 0 Å². The van der Waals surface area contributed by atoms with E-state index in [2.05, 4.69) is 30.7 Å². The zero-order chi connectivity index (χ0) is 7.78. The largest absolute Gasteiger partial charge is 0.0885 e. The number of hydrogen-bond acceptors (Lipinski definition) is 0. The van der Waals surface area contributed by atoms with E-state index in [1.165, 1.54) is 32.1 Å². The van der Waals surface area contributed by atoms with Gasteiger partial charge in [0.15, 0.2) is 0 Å². The molecule has 1 radical (unpaired) electrons. The fraction of sp³-hybridized carbons (Fsp3) is 0.545. The molecule has 0 amide bonds. The van der Waals surface area contributed by atoms with Crippen LogP contribution in [0.3, 0.4) is 0 Å². The predicted octanol–water partition coefficient (Wildman–Crippen LogP) is 3.66. The molecule has 0 bridgehead atoms. The maximum absolute atomic E-state index is 2.35. The Hall–Kier alpha value is -0.520. The van der Waals surface area contributed by atoms with Crippen LogP contribution in [0.5, 0.6) is 0 Å². The standard InChI is InChI=1S/C11H17/c1-2-4-6-8-10-11-9-7-5-3-1/h1-2,5,10-11H,3-4,6-9H2. The van der Waals surface area contributed by atoms with Crippen LogP contribution in [0.4, 0.5) is 0 Å². The predicted molar refractivity (Wildman–Crippen MR) is 50.3 cm³/mol. The lowest BCUT2D eigenvalue weighted by molar-refractivity contribution is 0.864. The Kier molecular flexibility index (Phi) is 4.84. The van der Waals surface area contributed by atoms with Crippen LogP contribution in [0.1, 0.15) is 38.5 Å². The molecule has 0 unspecified atom stereocenters. The highest BCUT2D eigenvalue weighted by atomic mass is 13.9. The van der Waals surface area contributed by atoms with Crippen molar-refractivity contribution in [1.29, 1.82) is 0 Å². The third kappa shape index (κ3) is 4.83. The Bertz CT molecular complexity index is 115. The van der Waals surface area contributed by atoms with Gasteiger partial charge in [0.25, 0.3) is 0 Å². The molecule has 61 valence electrons. The summed E-state index contributed by atoms with van der Waals surface area (Å²) in [6, 6.07) is 0. The molecule has 0 heteroatoms. The molecular formula is C11H17. The van der Waals surface area contributed by atoms with Crippen molar-refractivity contribution in [2.45, 2.75) is 38.5 Å². The third-order valence-corrected chi connectivity index (χ3v) is 1.92. The molecule has 0 nitrogen and oxygen atoms in total. The molecule has 0 N–H and O–H groups in total. The minimum atomic E-state index is 1.16. The van der Waals surface area contributed by atoms with E-state index in [0.29, 0.717) is 0 Å². The summed E-state index contributed by atoms with van der Waals surface area (Å²) in [7, 11) is 0. The molecule has 1 aliphatic carbocycles. The summed E-state index contributed by atoms with van der Waals surface area (Å²) in [4.78, 5) is 0. The van der Waals surface area contributed by atoms with Crippen molar-refractivity contribution in [1.82, 2.24) is 0 Å². The number of rotatable bonds is 0. The van der Waals surface area contributed by atoms with Gasteiger partial charge in [0.1, 0.15) is 0 Å². The maximum atomic E-state index is 2.35. The molecule has 0 aromatic carbocycles. The van der Waals surface area contributed by atoms with E-state index in [1.807, 2.05) is 0 Å². The Morgan fingerprint density at radius 3 is 2.27 bits per heavy atom. The van der Waals surface area contributed by atoms with Crippen molar-refractivity contribution >= 4 is 0 Å². The zero-order valence-electron chi connectivity index (χ0n) is 7.13. The first-order valence-electron chi connectivity index (χ1n) is 4.62. The van der Waals surface area contributed by atoms with Crippen LogP contribution in [0, 0.1) is 6.42 Å². The van der Waals surface area contributed by atoms with Crippen molar-refractivity contribution in [2.75, 3.05) is 0 Å². The lowest BCUT2D eigenvalue weighted by atomic mass is 10.2. The molecule has 1 aliphatic rings. The van der Waals surface area contributed by atoms with Crippen LogP contribution >= 0.6 is 0 Å². The van der Waals surface area contributed by atoms with Crippen LogP contribution in [0.15, 0.2) is 24.3 Å². The van der Waals surface area contributed by atoms with E-state index < -0.39 is 0 Å². The van der Waals surface area contributed by atoms with Crippen LogP contribution in [-0.4, -0.2) is 0 Å². The molecule has 0 heterocycles. The van der Waals surface area contributed by atoms with Gasteiger partial charge in [0.05, 0.1) is 0 Å². The van der Waals surface area contributed by atoms with Gasteiger partial charge >= 0.3 is 0 Å². The van der Waals surface area contributed by atoms with Crippen molar-refractivity contribution < 1.29 is 0 Å². The SMILES string of the molecule is [CH]1CC=CCCCC=CCC1. The number of allylic oxidation sites excluding steroid dienone is 4. The molecular weight excluding hydrogens is 132 g/mol. The summed E-state index contributed by atoms with van der Waals surface area (Å²) in [5.41, 5.74) is 0. The van der Waals surface area contributed by atoms with E-state index >= 15 is 0 Å². The van der Waals surface area contributed by atoms with E-state index in [4.69, 9.17) is 0 Å². The highest BCUT2D eigenvalue weighted by molar-refractivity contribution is 4.91. The molecule has 0 aromatic rings. The second kappa shape index (κ2) is 6.21. The Balaban J connectivity index is 2.22. The Labute approximate surface area is 70.0 Å². The molecule has 0 spiro atoms. The van der Waals surface area contributed by atoms with E-state index in [0.717, 1.165) is 6.42 Å². The molecule has 0 saturated carbocycles. The first-order valence-corrected chi connectivity index (χ1v) is 4.62. The maximum Gasteiger partial charge on any atom is -0.0319 e. The van der Waals surface area contributed by atoms with Gasteiger partial charge in [-0.25, -0.2) is 0 Å². The topological polar surface area (TPSA) is 0 Å². The van der Waals surface area contributed by atoms with Gasteiger partial charge in [-0.2, -0.15) is 0 Å². The van der Waals surface area contributed by atoms with Crippen LogP contribution in [0.2, 0.25) is 0 Å². The van der Waals surface area contributed by atoms with Crippen molar-refractivity contribution in [3.05, 3.63) is 30.7 Å². The second-order valence-electron chi connectivity index (χ2n) is 2.98. The summed E-state index contributed by atoms with van der Waals surface area (Å²) in [6.45, 7) is 0. The van der Waals surface area contributed by atoms with Crippen LogP contribution in [-0.2, 0) is 0 Å². The van der Waals surface area contributed by atoms with Gasteiger partial charge in [-0.3, -0.25) is 0 Å². The van der Waals surface area contributed by atoms with Crippen molar-refractivity contribution in [2.24, 2.45) is 0 Å². The average Bonchev–Trinajstić information content (AvgIpc) is 2.08. The van der Waals surface area contributed by atoms with E-state index in [-0.39, 0.29) is 0 Å². The lowest BCUT2D eigenvalue weighted by Crippen LogP contribution is -1.72. The minimum absolute atomic E-state index is 1.16. The van der Waals surface area contributed by atoms with E-state index in [1.54, 1.807) is 0 Å². The fourth-order valence-electron chi connectivity index (χ4n) is 1.23. The molecule has 0 saturated heterocycles. The average molecular weight is 149 g/mol. The fourth-order valence-corrected chi connectivity index (χ4v) is 1.23. The monoisotopic (exact) mass is 149 g/mol. The Morgan fingerprint density at radius 2 is 1.36 bits per heavy atom. The van der Waals surface area contributed by atoms with Gasteiger partial charge in [0.2, 0.25) is 0 Å². The summed E-state index contributed by atoms with van der Waals surface area (Å²) in [5, 5.41) is 0. The summed E-state index contributed by atoms with van der Waals surface area (Å²) in [6.07, 6.45) is 19.0. The number of hydrogen-bond donors (Lipinski definition) is 0. The van der Waals surface area contributed by atoms with Gasteiger partial charge in [-0.15, -0.1) is 0 Å². The summed E-state index contributed by atoms with van der Waals surface area (Å²) in [5.74, 6) is 0. The third-order valence-electron chi connectivity index (χ3n) is 1.92. The van der Waals surface area contributed by atoms with Gasteiger partial charge in [-0.1, -0.05) is 24.3 Å². The second-order valence-corrected chi connectivity index (χ2v) is 2.98. The first-order chi connectivity index (χ1) is 5.50. The quantitative estimate of drug-likeness (QED) is 0.461.